The summed E-state index contributed by atoms with van der Waals surface area (Å²) < 4.78 is 5.44. The van der Waals surface area contributed by atoms with Crippen molar-refractivity contribution >= 4 is 28.9 Å². The highest BCUT2D eigenvalue weighted by atomic mass is 35.5. The van der Waals surface area contributed by atoms with E-state index in [1.807, 2.05) is 13.8 Å². The van der Waals surface area contributed by atoms with Gasteiger partial charge in [-0.3, -0.25) is 4.79 Å². The number of furan rings is 1. The van der Waals surface area contributed by atoms with Gasteiger partial charge < -0.3 is 15.5 Å². The van der Waals surface area contributed by atoms with E-state index in [2.05, 4.69) is 5.32 Å². The lowest BCUT2D eigenvalue weighted by Gasteiger charge is -2.08. The van der Waals surface area contributed by atoms with Crippen LogP contribution in [-0.4, -0.2) is 5.91 Å². The first-order valence-electron chi connectivity index (χ1n) is 5.83. The van der Waals surface area contributed by atoms with Gasteiger partial charge in [-0.25, -0.2) is 0 Å². The second-order valence-corrected chi connectivity index (χ2v) is 4.82. The Bertz CT molecular complexity index is 647. The van der Waals surface area contributed by atoms with E-state index in [-0.39, 0.29) is 5.91 Å². The van der Waals surface area contributed by atoms with Crippen molar-refractivity contribution in [1.29, 1.82) is 0 Å². The molecular weight excluding hydrogens is 264 g/mol. The van der Waals surface area contributed by atoms with Crippen molar-refractivity contribution in [2.75, 3.05) is 11.1 Å². The number of halogens is 1. The summed E-state index contributed by atoms with van der Waals surface area (Å²) in [6, 6.07) is 4.95. The largest absolute Gasteiger partial charge is 0.466 e. The molecule has 0 aliphatic heterocycles. The number of benzene rings is 1. The number of carbonyl (C=O) groups excluding carboxylic acids is 1. The Morgan fingerprint density at radius 2 is 1.95 bits per heavy atom. The van der Waals surface area contributed by atoms with Gasteiger partial charge in [-0.2, -0.15) is 0 Å². The number of hydrogen-bond acceptors (Lipinski definition) is 3. The summed E-state index contributed by atoms with van der Waals surface area (Å²) in [6.07, 6.45) is 0. The van der Waals surface area contributed by atoms with E-state index < -0.39 is 0 Å². The predicted molar refractivity (Wildman–Crippen MR) is 76.7 cm³/mol. The molecule has 0 bridgehead atoms. The number of nitrogen functional groups attached to an aromatic ring is 1. The third-order valence-corrected chi connectivity index (χ3v) is 3.36. The van der Waals surface area contributed by atoms with Crippen molar-refractivity contribution in [3.8, 4) is 0 Å². The van der Waals surface area contributed by atoms with Crippen molar-refractivity contribution in [3.63, 3.8) is 0 Å². The van der Waals surface area contributed by atoms with E-state index in [4.69, 9.17) is 21.8 Å². The van der Waals surface area contributed by atoms with Crippen LogP contribution in [0.4, 0.5) is 11.4 Å². The Morgan fingerprint density at radius 3 is 2.53 bits per heavy atom. The number of nitrogens with one attached hydrogen (secondary N) is 1. The van der Waals surface area contributed by atoms with Crippen LogP contribution in [0.25, 0.3) is 0 Å². The molecule has 0 fully saturated rings. The zero-order valence-electron chi connectivity index (χ0n) is 11.0. The highest BCUT2D eigenvalue weighted by Gasteiger charge is 2.19. The fraction of sp³-hybridized carbons (Fsp3) is 0.214. The minimum atomic E-state index is -0.251. The molecule has 0 spiro atoms. The molecule has 100 valence electrons. The van der Waals surface area contributed by atoms with E-state index in [0.717, 1.165) is 11.3 Å². The van der Waals surface area contributed by atoms with Crippen molar-refractivity contribution in [2.45, 2.75) is 20.8 Å². The normalized spacial score (nSPS) is 10.5. The lowest BCUT2D eigenvalue weighted by Crippen LogP contribution is -2.14. The van der Waals surface area contributed by atoms with E-state index in [1.54, 1.807) is 25.1 Å². The highest BCUT2D eigenvalue weighted by molar-refractivity contribution is 6.34. The highest BCUT2D eigenvalue weighted by Crippen LogP contribution is 2.27. The van der Waals surface area contributed by atoms with E-state index in [0.29, 0.717) is 27.7 Å². The minimum absolute atomic E-state index is 0.251. The van der Waals surface area contributed by atoms with Crippen LogP contribution in [0.1, 0.15) is 27.4 Å². The maximum atomic E-state index is 12.3. The Hall–Kier alpha value is -1.94. The molecule has 1 aromatic heterocycles. The zero-order valence-corrected chi connectivity index (χ0v) is 11.8. The van der Waals surface area contributed by atoms with Gasteiger partial charge in [-0.1, -0.05) is 11.6 Å². The van der Waals surface area contributed by atoms with Gasteiger partial charge in [0.15, 0.2) is 0 Å². The topological polar surface area (TPSA) is 68.3 Å². The molecule has 0 unspecified atom stereocenters. The number of aryl methyl sites for hydroxylation is 2. The lowest BCUT2D eigenvalue weighted by molar-refractivity contribution is 0.102. The van der Waals surface area contributed by atoms with Crippen molar-refractivity contribution < 1.29 is 9.21 Å². The number of anilines is 2. The van der Waals surface area contributed by atoms with Gasteiger partial charge in [0.05, 0.1) is 16.3 Å². The predicted octanol–water partition coefficient (Wildman–Crippen LogP) is 3.69. The van der Waals surface area contributed by atoms with Gasteiger partial charge in [0.25, 0.3) is 5.91 Å². The minimum Gasteiger partial charge on any atom is -0.466 e. The molecule has 5 heteroatoms. The van der Waals surface area contributed by atoms with Crippen molar-refractivity contribution in [3.05, 3.63) is 45.9 Å². The molecule has 0 saturated heterocycles. The van der Waals surface area contributed by atoms with Gasteiger partial charge >= 0.3 is 0 Å². The van der Waals surface area contributed by atoms with Gasteiger partial charge in [0.2, 0.25) is 0 Å². The quantitative estimate of drug-likeness (QED) is 0.823. The molecule has 19 heavy (non-hydrogen) atoms. The Balaban J connectivity index is 2.33. The van der Waals surface area contributed by atoms with E-state index in [9.17, 15) is 4.79 Å². The summed E-state index contributed by atoms with van der Waals surface area (Å²) in [5.41, 5.74) is 8.07. The maximum absolute atomic E-state index is 12.3. The molecule has 1 heterocycles. The van der Waals surface area contributed by atoms with E-state index >= 15 is 0 Å². The summed E-state index contributed by atoms with van der Waals surface area (Å²) in [5, 5.41) is 3.19. The molecule has 1 amide bonds. The third-order valence-electron chi connectivity index (χ3n) is 3.03. The molecule has 2 aromatic rings. The number of nitrogens with two attached hydrogens (primary N) is 1. The number of carbonyl (C=O) groups is 1. The monoisotopic (exact) mass is 278 g/mol. The van der Waals surface area contributed by atoms with Gasteiger partial charge in [0, 0.05) is 11.3 Å². The Morgan fingerprint density at radius 1 is 1.26 bits per heavy atom. The lowest BCUT2D eigenvalue weighted by atomic mass is 10.1. The average Bonchev–Trinajstić information content (AvgIpc) is 2.58. The van der Waals surface area contributed by atoms with Crippen LogP contribution in [0, 0.1) is 20.8 Å². The first-order chi connectivity index (χ1) is 8.90. The second-order valence-electron chi connectivity index (χ2n) is 4.41. The molecular formula is C14H15ClN2O2. The fourth-order valence-electron chi connectivity index (χ4n) is 1.95. The number of amides is 1. The van der Waals surface area contributed by atoms with Crippen LogP contribution in [0.2, 0.25) is 5.02 Å². The summed E-state index contributed by atoms with van der Waals surface area (Å²) >= 11 is 6.02. The molecule has 3 N–H and O–H groups in total. The summed E-state index contributed by atoms with van der Waals surface area (Å²) in [4.78, 5) is 12.3. The number of rotatable bonds is 2. The molecule has 0 aliphatic carbocycles. The fourth-order valence-corrected chi connectivity index (χ4v) is 2.12. The molecule has 0 saturated carbocycles. The third kappa shape index (κ3) is 2.58. The van der Waals surface area contributed by atoms with Gasteiger partial charge in [-0.15, -0.1) is 0 Å². The average molecular weight is 279 g/mol. The summed E-state index contributed by atoms with van der Waals surface area (Å²) in [5.74, 6) is 1.08. The van der Waals surface area contributed by atoms with Crippen molar-refractivity contribution in [1.82, 2.24) is 0 Å². The first-order valence-corrected chi connectivity index (χ1v) is 6.21. The van der Waals surface area contributed by atoms with Crippen LogP contribution in [0.3, 0.4) is 0 Å². The van der Waals surface area contributed by atoms with Crippen LogP contribution < -0.4 is 11.1 Å². The zero-order chi connectivity index (χ0) is 14.2. The van der Waals surface area contributed by atoms with Crippen LogP contribution in [0.15, 0.2) is 22.6 Å². The van der Waals surface area contributed by atoms with Crippen molar-refractivity contribution in [2.24, 2.45) is 0 Å². The molecule has 0 atom stereocenters. The van der Waals surface area contributed by atoms with Crippen LogP contribution in [0.5, 0.6) is 0 Å². The van der Waals surface area contributed by atoms with E-state index in [1.165, 1.54) is 0 Å². The molecule has 4 nitrogen and oxygen atoms in total. The SMILES string of the molecule is Cc1oc(C)c(C(=O)Nc2cc(N)ccc2Cl)c1C. The van der Waals surface area contributed by atoms with Crippen LogP contribution in [-0.2, 0) is 0 Å². The smallest absolute Gasteiger partial charge is 0.259 e. The summed E-state index contributed by atoms with van der Waals surface area (Å²) in [6.45, 7) is 5.43. The Kier molecular flexibility index (Phi) is 3.53. The van der Waals surface area contributed by atoms with Gasteiger partial charge in [-0.05, 0) is 39.0 Å². The standard InChI is InChI=1S/C14H15ClN2O2/c1-7-8(2)19-9(3)13(7)14(18)17-12-6-10(16)4-5-11(12)15/h4-6H,16H2,1-3H3,(H,17,18). The molecule has 0 radical (unpaired) electrons. The van der Waals surface area contributed by atoms with Crippen LogP contribution >= 0.6 is 11.6 Å². The van der Waals surface area contributed by atoms with Gasteiger partial charge in [0.1, 0.15) is 11.5 Å². The number of hydrogen-bond donors (Lipinski definition) is 2. The first kappa shape index (κ1) is 13.5. The Labute approximate surface area is 116 Å². The molecule has 1 aromatic carbocycles. The molecule has 2 rings (SSSR count). The molecule has 0 aliphatic rings. The second kappa shape index (κ2) is 4.97. The summed E-state index contributed by atoms with van der Waals surface area (Å²) in [7, 11) is 0. The maximum Gasteiger partial charge on any atom is 0.259 e.